The summed E-state index contributed by atoms with van der Waals surface area (Å²) in [5.74, 6) is 0.617. The highest BCUT2D eigenvalue weighted by molar-refractivity contribution is 7.89. The third kappa shape index (κ3) is 4.59. The van der Waals surface area contributed by atoms with E-state index in [0.717, 1.165) is 17.5 Å². The summed E-state index contributed by atoms with van der Waals surface area (Å²) in [4.78, 5) is 0.259. The molecule has 25 heavy (non-hydrogen) atoms. The summed E-state index contributed by atoms with van der Waals surface area (Å²) in [5, 5.41) is 0. The van der Waals surface area contributed by atoms with E-state index < -0.39 is 16.1 Å². The smallest absolute Gasteiger partial charge is 0.241 e. The number of hydrogen-bond donors (Lipinski definition) is 1. The van der Waals surface area contributed by atoms with Gasteiger partial charge in [-0.1, -0.05) is 48.0 Å². The van der Waals surface area contributed by atoms with Crippen LogP contribution in [0.1, 0.15) is 29.3 Å². The van der Waals surface area contributed by atoms with Crippen LogP contribution in [-0.2, 0) is 16.4 Å². The van der Waals surface area contributed by atoms with Crippen molar-refractivity contribution in [1.82, 2.24) is 4.72 Å². The van der Waals surface area contributed by atoms with Gasteiger partial charge >= 0.3 is 0 Å². The predicted molar refractivity (Wildman–Crippen MR) is 97.7 cm³/mol. The van der Waals surface area contributed by atoms with Crippen molar-refractivity contribution in [2.45, 2.75) is 30.7 Å². The number of furan rings is 1. The Labute approximate surface area is 148 Å². The first kappa shape index (κ1) is 17.5. The zero-order valence-corrected chi connectivity index (χ0v) is 14.9. The van der Waals surface area contributed by atoms with Crippen LogP contribution in [0.3, 0.4) is 0 Å². The molecule has 0 aliphatic carbocycles. The van der Waals surface area contributed by atoms with E-state index in [9.17, 15) is 8.42 Å². The molecule has 130 valence electrons. The van der Waals surface area contributed by atoms with Gasteiger partial charge in [-0.2, -0.15) is 0 Å². The summed E-state index contributed by atoms with van der Waals surface area (Å²) in [7, 11) is -3.62. The van der Waals surface area contributed by atoms with Crippen molar-refractivity contribution < 1.29 is 12.8 Å². The highest BCUT2D eigenvalue weighted by Crippen LogP contribution is 2.23. The zero-order valence-electron chi connectivity index (χ0n) is 14.1. The summed E-state index contributed by atoms with van der Waals surface area (Å²) >= 11 is 0. The van der Waals surface area contributed by atoms with Gasteiger partial charge in [-0.25, -0.2) is 13.1 Å². The molecule has 0 radical (unpaired) electrons. The van der Waals surface area contributed by atoms with Crippen molar-refractivity contribution in [3.8, 4) is 0 Å². The highest BCUT2D eigenvalue weighted by atomic mass is 32.2. The Morgan fingerprint density at radius 3 is 2.32 bits per heavy atom. The van der Waals surface area contributed by atoms with Crippen LogP contribution in [0.25, 0.3) is 0 Å². The lowest BCUT2D eigenvalue weighted by Crippen LogP contribution is -2.29. The molecule has 0 amide bonds. The fraction of sp³-hybridized carbons (Fsp3) is 0.200. The fourth-order valence-corrected chi connectivity index (χ4v) is 3.92. The largest absolute Gasteiger partial charge is 0.468 e. The Morgan fingerprint density at radius 2 is 1.68 bits per heavy atom. The summed E-state index contributed by atoms with van der Waals surface area (Å²) in [6.07, 6.45) is 2.93. The van der Waals surface area contributed by atoms with E-state index in [2.05, 4.69) is 4.72 Å². The lowest BCUT2D eigenvalue weighted by atomic mass is 10.0. The topological polar surface area (TPSA) is 59.3 Å². The van der Waals surface area contributed by atoms with Gasteiger partial charge in [0.15, 0.2) is 0 Å². The molecule has 2 aromatic carbocycles. The zero-order chi connectivity index (χ0) is 17.7. The maximum atomic E-state index is 12.7. The van der Waals surface area contributed by atoms with E-state index in [1.54, 1.807) is 42.7 Å². The first-order chi connectivity index (χ1) is 12.0. The number of aryl methyl sites for hydroxylation is 2. The van der Waals surface area contributed by atoms with E-state index in [1.165, 1.54) is 0 Å². The Bertz CT molecular complexity index is 886. The molecule has 4 nitrogen and oxygen atoms in total. The molecule has 3 aromatic rings. The van der Waals surface area contributed by atoms with E-state index in [4.69, 9.17) is 4.42 Å². The molecule has 1 atom stereocenters. The van der Waals surface area contributed by atoms with Crippen LogP contribution in [0.15, 0.2) is 82.3 Å². The molecule has 1 unspecified atom stereocenters. The van der Waals surface area contributed by atoms with E-state index in [1.807, 2.05) is 37.3 Å². The number of benzene rings is 2. The van der Waals surface area contributed by atoms with Gasteiger partial charge in [0.25, 0.3) is 0 Å². The van der Waals surface area contributed by atoms with Gasteiger partial charge in [0.1, 0.15) is 5.76 Å². The summed E-state index contributed by atoms with van der Waals surface area (Å²) in [5.41, 5.74) is 2.18. The van der Waals surface area contributed by atoms with Crippen LogP contribution < -0.4 is 4.72 Å². The second kappa shape index (κ2) is 7.68. The Balaban J connectivity index is 1.79. The van der Waals surface area contributed by atoms with Crippen LogP contribution in [0.5, 0.6) is 0 Å². The first-order valence-electron chi connectivity index (χ1n) is 8.21. The number of sulfonamides is 1. The average molecular weight is 355 g/mol. The Hall–Kier alpha value is -2.37. The summed E-state index contributed by atoms with van der Waals surface area (Å²) in [6.45, 7) is 1.93. The maximum Gasteiger partial charge on any atom is 0.241 e. The molecular formula is C20H21NO3S. The molecule has 0 aliphatic heterocycles. The van der Waals surface area contributed by atoms with Gasteiger partial charge in [-0.05, 0) is 49.6 Å². The monoisotopic (exact) mass is 355 g/mol. The number of hydrogen-bond acceptors (Lipinski definition) is 3. The first-order valence-corrected chi connectivity index (χ1v) is 9.69. The Kier molecular flexibility index (Phi) is 5.36. The van der Waals surface area contributed by atoms with Crippen LogP contribution in [-0.4, -0.2) is 8.42 Å². The minimum absolute atomic E-state index is 0.259. The van der Waals surface area contributed by atoms with Crippen molar-refractivity contribution in [2.75, 3.05) is 0 Å². The van der Waals surface area contributed by atoms with Crippen LogP contribution in [0, 0.1) is 6.92 Å². The lowest BCUT2D eigenvalue weighted by molar-refractivity contribution is 0.428. The van der Waals surface area contributed by atoms with Crippen molar-refractivity contribution in [3.05, 3.63) is 89.9 Å². The van der Waals surface area contributed by atoms with E-state index >= 15 is 0 Å². The minimum atomic E-state index is -3.62. The van der Waals surface area contributed by atoms with Gasteiger partial charge in [-0.3, -0.25) is 0 Å². The van der Waals surface area contributed by atoms with Crippen molar-refractivity contribution in [1.29, 1.82) is 0 Å². The molecule has 0 aliphatic rings. The molecule has 1 heterocycles. The third-order valence-corrected chi connectivity index (χ3v) is 5.57. The molecule has 3 rings (SSSR count). The SMILES string of the molecule is Cc1ccc(S(=O)(=O)NC(CCc2ccccc2)c2ccco2)cc1. The van der Waals surface area contributed by atoms with E-state index in [0.29, 0.717) is 12.2 Å². The molecule has 1 aromatic heterocycles. The highest BCUT2D eigenvalue weighted by Gasteiger charge is 2.23. The van der Waals surface area contributed by atoms with Crippen molar-refractivity contribution >= 4 is 10.0 Å². The van der Waals surface area contributed by atoms with Crippen molar-refractivity contribution in [3.63, 3.8) is 0 Å². The number of nitrogens with one attached hydrogen (secondary N) is 1. The van der Waals surface area contributed by atoms with Gasteiger partial charge in [-0.15, -0.1) is 0 Å². The molecule has 0 fully saturated rings. The normalized spacial score (nSPS) is 12.8. The molecule has 5 heteroatoms. The van der Waals surface area contributed by atoms with E-state index in [-0.39, 0.29) is 4.90 Å². The predicted octanol–water partition coefficient (Wildman–Crippen LogP) is 4.24. The van der Waals surface area contributed by atoms with Gasteiger partial charge in [0, 0.05) is 0 Å². The maximum absolute atomic E-state index is 12.7. The molecule has 1 N–H and O–H groups in total. The molecule has 0 saturated carbocycles. The number of rotatable bonds is 7. The van der Waals surface area contributed by atoms with Crippen molar-refractivity contribution in [2.24, 2.45) is 0 Å². The fourth-order valence-electron chi connectivity index (χ4n) is 2.68. The quantitative estimate of drug-likeness (QED) is 0.689. The lowest BCUT2D eigenvalue weighted by Gasteiger charge is -2.17. The molecule has 0 saturated heterocycles. The van der Waals surface area contributed by atoms with Crippen LogP contribution in [0.2, 0.25) is 0 Å². The van der Waals surface area contributed by atoms with Crippen LogP contribution >= 0.6 is 0 Å². The summed E-state index contributed by atoms with van der Waals surface area (Å²) < 4.78 is 33.7. The van der Waals surface area contributed by atoms with Gasteiger partial charge in [0.05, 0.1) is 17.2 Å². The molecule has 0 bridgehead atoms. The Morgan fingerprint density at radius 1 is 0.960 bits per heavy atom. The molecule has 0 spiro atoms. The third-order valence-electron chi connectivity index (χ3n) is 4.08. The van der Waals surface area contributed by atoms with Crippen LogP contribution in [0.4, 0.5) is 0 Å². The van der Waals surface area contributed by atoms with Gasteiger partial charge in [0.2, 0.25) is 10.0 Å². The second-order valence-corrected chi connectivity index (χ2v) is 7.74. The van der Waals surface area contributed by atoms with Gasteiger partial charge < -0.3 is 4.42 Å². The minimum Gasteiger partial charge on any atom is -0.468 e. The summed E-state index contributed by atoms with van der Waals surface area (Å²) in [6, 6.07) is 20.0. The second-order valence-electron chi connectivity index (χ2n) is 6.03. The molecular weight excluding hydrogens is 334 g/mol. The standard InChI is InChI=1S/C20H21NO3S/c1-16-9-12-18(13-10-16)25(22,23)21-19(20-8-5-15-24-20)14-11-17-6-3-2-4-7-17/h2-10,12-13,15,19,21H,11,14H2,1H3. The average Bonchev–Trinajstić information content (AvgIpc) is 3.14.